The molecule has 3 heterocycles. The standard InChI is InChI=1S/C23H18N6O2S3/c1-2-12-32-23-27-29-18(20(25-21(29)34-23)15-6-4-3-5-7-15)13-24-26-22-28(19(31)14-33-22)16-8-10-17(30)11-9-16/h2-11,13,30H,1,12,14H2/b24-13+,26-22-. The van der Waals surface area contributed by atoms with Crippen molar-refractivity contribution in [2.45, 2.75) is 4.34 Å². The lowest BCUT2D eigenvalue weighted by molar-refractivity contribution is -0.115. The molecule has 11 heteroatoms. The number of thioether (sulfide) groups is 2. The monoisotopic (exact) mass is 506 g/mol. The molecule has 1 saturated heterocycles. The van der Waals surface area contributed by atoms with Crippen LogP contribution in [-0.4, -0.2) is 48.5 Å². The van der Waals surface area contributed by atoms with Crippen LogP contribution in [0.25, 0.3) is 16.2 Å². The number of aromatic hydroxyl groups is 1. The largest absolute Gasteiger partial charge is 0.508 e. The number of phenols is 1. The van der Waals surface area contributed by atoms with Crippen LogP contribution < -0.4 is 4.90 Å². The molecule has 2 aromatic carbocycles. The summed E-state index contributed by atoms with van der Waals surface area (Å²) in [7, 11) is 0. The average molecular weight is 507 g/mol. The maximum Gasteiger partial charge on any atom is 0.243 e. The number of imidazole rings is 1. The number of carbonyl (C=O) groups excluding carboxylic acids is 1. The zero-order valence-corrected chi connectivity index (χ0v) is 20.2. The van der Waals surface area contributed by atoms with Crippen molar-refractivity contribution < 1.29 is 9.90 Å². The summed E-state index contributed by atoms with van der Waals surface area (Å²) in [5, 5.41) is 23.3. The molecule has 0 radical (unpaired) electrons. The van der Waals surface area contributed by atoms with Gasteiger partial charge in [0.2, 0.25) is 10.9 Å². The number of amides is 1. The van der Waals surface area contributed by atoms with Crippen molar-refractivity contribution in [1.82, 2.24) is 14.6 Å². The van der Waals surface area contributed by atoms with E-state index >= 15 is 0 Å². The predicted octanol–water partition coefficient (Wildman–Crippen LogP) is 4.91. The summed E-state index contributed by atoms with van der Waals surface area (Å²) < 4.78 is 2.66. The third kappa shape index (κ3) is 4.49. The zero-order valence-electron chi connectivity index (χ0n) is 17.7. The number of rotatable bonds is 7. The quantitative estimate of drug-likeness (QED) is 0.166. The van der Waals surface area contributed by atoms with Crippen molar-refractivity contribution in [1.29, 1.82) is 0 Å². The number of amidine groups is 1. The lowest BCUT2D eigenvalue weighted by Gasteiger charge is -2.14. The van der Waals surface area contributed by atoms with E-state index in [4.69, 9.17) is 4.98 Å². The summed E-state index contributed by atoms with van der Waals surface area (Å²) >= 11 is 4.42. The van der Waals surface area contributed by atoms with E-state index in [1.165, 1.54) is 40.1 Å². The second kappa shape index (κ2) is 9.84. The van der Waals surface area contributed by atoms with Crippen LogP contribution in [-0.2, 0) is 4.79 Å². The number of hydrogen-bond donors (Lipinski definition) is 1. The number of hydrogen-bond acceptors (Lipinski definition) is 9. The highest BCUT2D eigenvalue weighted by molar-refractivity contribution is 8.15. The number of aromatic nitrogens is 3. The van der Waals surface area contributed by atoms with Gasteiger partial charge in [0.1, 0.15) is 17.1 Å². The van der Waals surface area contributed by atoms with Crippen molar-refractivity contribution in [3.63, 3.8) is 0 Å². The van der Waals surface area contributed by atoms with E-state index in [0.717, 1.165) is 26.3 Å². The number of benzene rings is 2. The molecule has 0 bridgehead atoms. The second-order valence-electron chi connectivity index (χ2n) is 7.04. The van der Waals surface area contributed by atoms with Crippen LogP contribution in [0.5, 0.6) is 5.75 Å². The van der Waals surface area contributed by atoms with E-state index in [1.807, 2.05) is 36.4 Å². The lowest BCUT2D eigenvalue weighted by Crippen LogP contribution is -2.28. The number of nitrogens with zero attached hydrogens (tertiary/aromatic N) is 6. The predicted molar refractivity (Wildman–Crippen MR) is 140 cm³/mol. The van der Waals surface area contributed by atoms with Crippen molar-refractivity contribution in [2.24, 2.45) is 10.2 Å². The van der Waals surface area contributed by atoms with Gasteiger partial charge >= 0.3 is 0 Å². The average Bonchev–Trinajstić information content (AvgIpc) is 3.52. The van der Waals surface area contributed by atoms with Crippen LogP contribution in [0.2, 0.25) is 0 Å². The molecule has 170 valence electrons. The van der Waals surface area contributed by atoms with Crippen molar-refractivity contribution in [3.05, 3.63) is 72.9 Å². The third-order valence-electron chi connectivity index (χ3n) is 4.79. The molecule has 1 amide bonds. The fraction of sp³-hybridized carbons (Fsp3) is 0.0870. The normalized spacial score (nSPS) is 15.2. The van der Waals surface area contributed by atoms with Gasteiger partial charge in [0.15, 0.2) is 9.51 Å². The molecule has 0 spiro atoms. The summed E-state index contributed by atoms with van der Waals surface area (Å²) in [6.07, 6.45) is 3.46. The van der Waals surface area contributed by atoms with Gasteiger partial charge in [0.05, 0.1) is 17.7 Å². The molecule has 8 nitrogen and oxygen atoms in total. The topological polar surface area (TPSA) is 95.5 Å². The summed E-state index contributed by atoms with van der Waals surface area (Å²) in [5.74, 6) is 1.08. The van der Waals surface area contributed by atoms with Crippen molar-refractivity contribution in [3.8, 4) is 17.0 Å². The Morgan fingerprint density at radius 1 is 1.18 bits per heavy atom. The molecule has 1 fully saturated rings. The van der Waals surface area contributed by atoms with Crippen LogP contribution in [0, 0.1) is 0 Å². The second-order valence-corrected chi connectivity index (χ2v) is 10.2. The molecule has 0 atom stereocenters. The first kappa shape index (κ1) is 22.4. The Balaban J connectivity index is 1.51. The van der Waals surface area contributed by atoms with E-state index in [9.17, 15) is 9.90 Å². The summed E-state index contributed by atoms with van der Waals surface area (Å²) in [4.78, 5) is 19.5. The van der Waals surface area contributed by atoms with Crippen LogP contribution in [0.3, 0.4) is 0 Å². The van der Waals surface area contributed by atoms with Gasteiger partial charge < -0.3 is 5.11 Å². The third-order valence-corrected chi connectivity index (χ3v) is 7.74. The fourth-order valence-electron chi connectivity index (χ4n) is 3.28. The highest BCUT2D eigenvalue weighted by Gasteiger charge is 2.30. The Labute approximate surface area is 207 Å². The number of carbonyl (C=O) groups is 1. The van der Waals surface area contributed by atoms with Gasteiger partial charge in [-0.05, 0) is 24.3 Å². The summed E-state index contributed by atoms with van der Waals surface area (Å²) in [6.45, 7) is 3.76. The Hall–Kier alpha value is -3.41. The Bertz CT molecular complexity index is 1410. The van der Waals surface area contributed by atoms with Crippen LogP contribution in [0.15, 0.2) is 81.8 Å². The SMILES string of the molecule is C=CCSc1nn2c(/C=N/N=C3\SCC(=O)N3c3ccc(O)cc3)c(-c3ccccc3)nc2s1. The number of fused-ring (bicyclic) bond motifs is 1. The zero-order chi connectivity index (χ0) is 23.5. The smallest absolute Gasteiger partial charge is 0.243 e. The Morgan fingerprint density at radius 2 is 1.97 bits per heavy atom. The highest BCUT2D eigenvalue weighted by atomic mass is 32.2. The maximum atomic E-state index is 12.4. The van der Waals surface area contributed by atoms with Crippen molar-refractivity contribution in [2.75, 3.05) is 16.4 Å². The van der Waals surface area contributed by atoms with Crippen molar-refractivity contribution >= 4 is 62.8 Å². The highest BCUT2D eigenvalue weighted by Crippen LogP contribution is 2.31. The first-order valence-corrected chi connectivity index (χ1v) is 13.0. The van der Waals surface area contributed by atoms with Crippen LogP contribution in [0.4, 0.5) is 5.69 Å². The summed E-state index contributed by atoms with van der Waals surface area (Å²) in [5.41, 5.74) is 3.04. The lowest BCUT2D eigenvalue weighted by atomic mass is 10.1. The molecule has 2 aromatic heterocycles. The minimum Gasteiger partial charge on any atom is -0.508 e. The van der Waals surface area contributed by atoms with Crippen LogP contribution in [0.1, 0.15) is 5.69 Å². The van der Waals surface area contributed by atoms with Gasteiger partial charge in [-0.15, -0.1) is 16.8 Å². The number of phenolic OH excluding ortho intramolecular Hbond substituents is 1. The van der Waals surface area contributed by atoms with Gasteiger partial charge in [0.25, 0.3) is 0 Å². The number of anilines is 1. The van der Waals surface area contributed by atoms with Gasteiger partial charge in [-0.25, -0.2) is 9.50 Å². The molecule has 0 aliphatic carbocycles. The summed E-state index contributed by atoms with van der Waals surface area (Å²) in [6, 6.07) is 16.3. The first-order valence-electron chi connectivity index (χ1n) is 10.2. The molecule has 34 heavy (non-hydrogen) atoms. The van der Waals surface area contributed by atoms with Gasteiger partial charge in [-0.3, -0.25) is 9.69 Å². The minimum atomic E-state index is -0.0928. The van der Waals surface area contributed by atoms with Crippen LogP contribution >= 0.6 is 34.9 Å². The molecule has 1 aliphatic rings. The van der Waals surface area contributed by atoms with E-state index in [1.54, 1.807) is 34.6 Å². The minimum absolute atomic E-state index is 0.0928. The molecular formula is C23H18N6O2S3. The molecular weight excluding hydrogens is 488 g/mol. The molecule has 4 aromatic rings. The van der Waals surface area contributed by atoms with Gasteiger partial charge in [-0.2, -0.15) is 5.10 Å². The molecule has 1 aliphatic heterocycles. The van der Waals surface area contributed by atoms with Gasteiger partial charge in [0, 0.05) is 11.3 Å². The van der Waals surface area contributed by atoms with E-state index in [-0.39, 0.29) is 17.4 Å². The van der Waals surface area contributed by atoms with Gasteiger partial charge in [-0.1, -0.05) is 71.3 Å². The fourth-order valence-corrected chi connectivity index (χ4v) is 5.81. The molecule has 0 saturated carbocycles. The molecule has 0 unspecified atom stereocenters. The first-order chi connectivity index (χ1) is 16.6. The molecule has 5 rings (SSSR count). The van der Waals surface area contributed by atoms with E-state index in [2.05, 4.69) is 21.9 Å². The van der Waals surface area contributed by atoms with E-state index < -0.39 is 0 Å². The molecule has 1 N–H and O–H groups in total. The Morgan fingerprint density at radius 3 is 2.74 bits per heavy atom. The Kier molecular flexibility index (Phi) is 6.48. The van der Waals surface area contributed by atoms with E-state index in [0.29, 0.717) is 16.5 Å². The maximum absolute atomic E-state index is 12.4.